The Hall–Kier alpha value is -3.61. The Kier molecular flexibility index (Phi) is 7.54. The lowest BCUT2D eigenvalue weighted by molar-refractivity contribution is -0.119. The van der Waals surface area contributed by atoms with Gasteiger partial charge in [-0.15, -0.1) is 11.3 Å². The summed E-state index contributed by atoms with van der Waals surface area (Å²) in [5, 5.41) is 14.6. The molecular weight excluding hydrogens is 504 g/mol. The first kappa shape index (κ1) is 26.0. The Balaban J connectivity index is 1.27. The maximum absolute atomic E-state index is 13.2. The van der Waals surface area contributed by atoms with Crippen LogP contribution in [0.1, 0.15) is 36.3 Å². The molecule has 12 heteroatoms. The molecule has 0 saturated carbocycles. The SMILES string of the molecule is COCCn1cc(-c2cn3ncc(C(=O)Nc4cc(NC(=O)CN5CCC5C(C)C)cnc4C)c3s2)cn1. The van der Waals surface area contributed by atoms with E-state index in [-0.39, 0.29) is 11.8 Å². The van der Waals surface area contributed by atoms with Gasteiger partial charge < -0.3 is 15.4 Å². The summed E-state index contributed by atoms with van der Waals surface area (Å²) in [5.41, 5.74) is 3.13. The van der Waals surface area contributed by atoms with Gasteiger partial charge in [0.25, 0.3) is 5.91 Å². The molecule has 200 valence electrons. The van der Waals surface area contributed by atoms with Gasteiger partial charge in [0.05, 0.1) is 65.8 Å². The predicted octanol–water partition coefficient (Wildman–Crippen LogP) is 3.53. The zero-order chi connectivity index (χ0) is 26.8. The number of aryl methyl sites for hydroxylation is 1. The molecule has 1 aliphatic rings. The number of hydrogen-bond donors (Lipinski definition) is 2. The van der Waals surface area contributed by atoms with Crippen LogP contribution in [-0.2, 0) is 16.1 Å². The van der Waals surface area contributed by atoms with Gasteiger partial charge in [0, 0.05) is 37.7 Å². The van der Waals surface area contributed by atoms with Gasteiger partial charge in [-0.05, 0) is 25.3 Å². The molecule has 0 aromatic carbocycles. The van der Waals surface area contributed by atoms with Crippen molar-refractivity contribution in [1.82, 2.24) is 29.3 Å². The molecule has 4 aromatic heterocycles. The lowest BCUT2D eigenvalue weighted by Crippen LogP contribution is -2.53. The zero-order valence-corrected chi connectivity index (χ0v) is 22.8. The molecule has 1 aliphatic heterocycles. The third kappa shape index (κ3) is 5.47. The molecule has 5 heterocycles. The number of ether oxygens (including phenoxy) is 1. The molecule has 5 rings (SSSR count). The van der Waals surface area contributed by atoms with Gasteiger partial charge in [0.2, 0.25) is 5.91 Å². The molecule has 0 radical (unpaired) electrons. The van der Waals surface area contributed by atoms with E-state index < -0.39 is 0 Å². The molecule has 11 nitrogen and oxygen atoms in total. The van der Waals surface area contributed by atoms with Crippen LogP contribution in [0.5, 0.6) is 0 Å². The quantitative estimate of drug-likeness (QED) is 0.318. The molecular formula is C26H32N8O3S. The van der Waals surface area contributed by atoms with E-state index in [1.54, 1.807) is 36.3 Å². The van der Waals surface area contributed by atoms with E-state index in [4.69, 9.17) is 4.74 Å². The maximum Gasteiger partial charge on any atom is 0.260 e. The summed E-state index contributed by atoms with van der Waals surface area (Å²) >= 11 is 1.47. The predicted molar refractivity (Wildman–Crippen MR) is 147 cm³/mol. The van der Waals surface area contributed by atoms with Crippen LogP contribution < -0.4 is 10.6 Å². The average molecular weight is 537 g/mol. The topological polar surface area (TPSA) is 119 Å². The van der Waals surface area contributed by atoms with Crippen LogP contribution in [0.3, 0.4) is 0 Å². The van der Waals surface area contributed by atoms with Crippen LogP contribution in [0.2, 0.25) is 0 Å². The highest BCUT2D eigenvalue weighted by atomic mass is 32.1. The monoisotopic (exact) mass is 536 g/mol. The van der Waals surface area contributed by atoms with Crippen LogP contribution in [0.25, 0.3) is 15.3 Å². The Bertz CT molecular complexity index is 1460. The summed E-state index contributed by atoms with van der Waals surface area (Å²) in [6, 6.07) is 2.19. The first-order valence-electron chi connectivity index (χ1n) is 12.6. The number of fused-ring (bicyclic) bond motifs is 1. The van der Waals surface area contributed by atoms with Gasteiger partial charge in [0.15, 0.2) is 0 Å². The highest BCUT2D eigenvalue weighted by Crippen LogP contribution is 2.31. The summed E-state index contributed by atoms with van der Waals surface area (Å²) in [6.45, 7) is 8.69. The van der Waals surface area contributed by atoms with Gasteiger partial charge in [-0.2, -0.15) is 10.2 Å². The Morgan fingerprint density at radius 2 is 2.03 bits per heavy atom. The number of hydrogen-bond acceptors (Lipinski definition) is 8. The number of thiazole rings is 1. The third-order valence-corrected chi connectivity index (χ3v) is 7.96. The first-order valence-corrected chi connectivity index (χ1v) is 13.4. The van der Waals surface area contributed by atoms with Crippen LogP contribution in [-0.4, -0.2) is 73.9 Å². The molecule has 2 N–H and O–H groups in total. The number of amides is 2. The van der Waals surface area contributed by atoms with E-state index in [1.807, 2.05) is 24.0 Å². The Morgan fingerprint density at radius 1 is 1.18 bits per heavy atom. The number of nitrogens with one attached hydrogen (secondary N) is 2. The normalized spacial score (nSPS) is 15.7. The van der Waals surface area contributed by atoms with E-state index in [9.17, 15) is 9.59 Å². The smallest absolute Gasteiger partial charge is 0.260 e. The fourth-order valence-electron chi connectivity index (χ4n) is 4.59. The van der Waals surface area contributed by atoms with Gasteiger partial charge in [-0.25, -0.2) is 4.52 Å². The van der Waals surface area contributed by atoms with Crippen molar-refractivity contribution in [1.29, 1.82) is 0 Å². The number of methoxy groups -OCH3 is 1. The van der Waals surface area contributed by atoms with E-state index in [1.165, 1.54) is 11.3 Å². The van der Waals surface area contributed by atoms with Crippen molar-refractivity contribution >= 4 is 39.4 Å². The fourth-order valence-corrected chi connectivity index (χ4v) is 5.62. The molecule has 1 unspecified atom stereocenters. The molecule has 0 spiro atoms. The fraction of sp³-hybridized carbons (Fsp3) is 0.423. The van der Waals surface area contributed by atoms with E-state index in [0.717, 1.165) is 28.2 Å². The van der Waals surface area contributed by atoms with Crippen molar-refractivity contribution in [2.75, 3.05) is 37.4 Å². The first-order chi connectivity index (χ1) is 18.3. The van der Waals surface area contributed by atoms with Crippen molar-refractivity contribution in [3.63, 3.8) is 0 Å². The molecule has 38 heavy (non-hydrogen) atoms. The highest BCUT2D eigenvalue weighted by molar-refractivity contribution is 7.21. The second-order valence-electron chi connectivity index (χ2n) is 9.82. The number of carbonyl (C=O) groups is 2. The van der Waals surface area contributed by atoms with Gasteiger partial charge in [-0.1, -0.05) is 13.8 Å². The van der Waals surface area contributed by atoms with E-state index in [2.05, 4.69) is 44.6 Å². The number of rotatable bonds is 10. The zero-order valence-electron chi connectivity index (χ0n) is 22.0. The lowest BCUT2D eigenvalue weighted by Gasteiger charge is -2.43. The molecule has 1 fully saturated rings. The van der Waals surface area contributed by atoms with Gasteiger partial charge >= 0.3 is 0 Å². The molecule has 4 aromatic rings. The van der Waals surface area contributed by atoms with Crippen LogP contribution >= 0.6 is 11.3 Å². The largest absolute Gasteiger partial charge is 0.383 e. The lowest BCUT2D eigenvalue weighted by atomic mass is 9.92. The standard InChI is InChI=1S/C26H32N8O3S/c1-16(2)22-5-6-32(22)15-24(35)30-19-9-21(17(3)27-11-19)31-25(36)20-12-29-34-14-23(38-26(20)34)18-10-28-33(13-18)7-8-37-4/h9-14,16,22H,5-8,15H2,1-4H3,(H,30,35)(H,31,36). The number of nitrogens with zero attached hydrogens (tertiary/aromatic N) is 6. The minimum Gasteiger partial charge on any atom is -0.383 e. The van der Waals surface area contributed by atoms with Crippen molar-refractivity contribution in [2.24, 2.45) is 5.92 Å². The summed E-state index contributed by atoms with van der Waals surface area (Å²) < 4.78 is 8.63. The minimum atomic E-state index is -0.294. The highest BCUT2D eigenvalue weighted by Gasteiger charge is 2.31. The second-order valence-corrected chi connectivity index (χ2v) is 10.8. The Morgan fingerprint density at radius 3 is 2.76 bits per heavy atom. The second kappa shape index (κ2) is 11.0. The number of aromatic nitrogens is 5. The summed E-state index contributed by atoms with van der Waals surface area (Å²) in [4.78, 5) is 34.1. The molecule has 2 amide bonds. The maximum atomic E-state index is 13.2. The van der Waals surface area contributed by atoms with Crippen molar-refractivity contribution < 1.29 is 14.3 Å². The van der Waals surface area contributed by atoms with E-state index in [0.29, 0.717) is 54.3 Å². The van der Waals surface area contributed by atoms with Crippen LogP contribution in [0.15, 0.2) is 37.1 Å². The van der Waals surface area contributed by atoms with Crippen molar-refractivity contribution in [2.45, 2.75) is 39.8 Å². The van der Waals surface area contributed by atoms with Crippen LogP contribution in [0, 0.1) is 12.8 Å². The van der Waals surface area contributed by atoms with Gasteiger partial charge in [0.1, 0.15) is 4.83 Å². The van der Waals surface area contributed by atoms with E-state index >= 15 is 0 Å². The number of carbonyl (C=O) groups excluding carboxylic acids is 2. The number of likely N-dealkylation sites (tertiary alicyclic amines) is 1. The number of pyridine rings is 1. The minimum absolute atomic E-state index is 0.0896. The summed E-state index contributed by atoms with van der Waals surface area (Å²) in [6.07, 6.45) is 9.91. The van der Waals surface area contributed by atoms with Crippen LogP contribution in [0.4, 0.5) is 11.4 Å². The van der Waals surface area contributed by atoms with Gasteiger partial charge in [-0.3, -0.25) is 24.2 Å². The summed E-state index contributed by atoms with van der Waals surface area (Å²) in [7, 11) is 1.66. The molecule has 1 atom stereocenters. The third-order valence-electron chi connectivity index (χ3n) is 6.80. The molecule has 0 aliphatic carbocycles. The summed E-state index contributed by atoms with van der Waals surface area (Å²) in [5.74, 6) is 0.138. The average Bonchev–Trinajstić information content (AvgIpc) is 3.58. The molecule has 0 bridgehead atoms. The molecule has 1 saturated heterocycles. The van der Waals surface area contributed by atoms with Crippen molar-refractivity contribution in [3.8, 4) is 10.4 Å². The van der Waals surface area contributed by atoms with Crippen molar-refractivity contribution in [3.05, 3.63) is 48.3 Å². The number of anilines is 2. The Labute approximate surface area is 224 Å².